The van der Waals surface area contributed by atoms with Gasteiger partial charge in [-0.1, -0.05) is 25.1 Å². The maximum atomic E-state index is 5.75. The number of benzene rings is 1. The fourth-order valence-electron chi connectivity index (χ4n) is 1.95. The van der Waals surface area contributed by atoms with Gasteiger partial charge in [-0.2, -0.15) is 4.98 Å². The van der Waals surface area contributed by atoms with Gasteiger partial charge in [0.1, 0.15) is 5.75 Å². The predicted octanol–water partition coefficient (Wildman–Crippen LogP) is 3.64. The molecule has 5 nitrogen and oxygen atoms in total. The first-order valence-electron chi connectivity index (χ1n) is 6.95. The smallest absolute Gasteiger partial charge is 0.225 e. The number of rotatable bonds is 5. The van der Waals surface area contributed by atoms with Crippen LogP contribution in [0.1, 0.15) is 13.3 Å². The molecule has 3 rings (SSSR count). The van der Waals surface area contributed by atoms with Gasteiger partial charge < -0.3 is 10.1 Å². The summed E-state index contributed by atoms with van der Waals surface area (Å²) in [6, 6.07) is 11.6. The molecule has 0 saturated carbocycles. The number of nitrogens with one attached hydrogen (secondary N) is 1. The van der Waals surface area contributed by atoms with Crippen molar-refractivity contribution in [2.75, 3.05) is 11.9 Å². The van der Waals surface area contributed by atoms with E-state index in [-0.39, 0.29) is 0 Å². The molecule has 0 fully saturated rings. The van der Waals surface area contributed by atoms with Gasteiger partial charge in [-0.3, -0.25) is 4.98 Å². The van der Waals surface area contributed by atoms with Crippen LogP contribution >= 0.6 is 0 Å². The molecule has 0 unspecified atom stereocenters. The van der Waals surface area contributed by atoms with Crippen LogP contribution in [-0.4, -0.2) is 21.5 Å². The number of fused-ring (bicyclic) bond motifs is 1. The van der Waals surface area contributed by atoms with E-state index < -0.39 is 0 Å². The van der Waals surface area contributed by atoms with Crippen LogP contribution in [0, 0.1) is 0 Å². The molecule has 5 heteroatoms. The summed E-state index contributed by atoms with van der Waals surface area (Å²) in [5.41, 5.74) is 0.942. The Morgan fingerprint density at radius 3 is 2.95 bits per heavy atom. The average Bonchev–Trinajstić information content (AvgIpc) is 2.53. The molecular formula is C16H16N4O. The minimum atomic E-state index is 0.501. The molecule has 0 amide bonds. The zero-order valence-corrected chi connectivity index (χ0v) is 11.8. The molecular weight excluding hydrogens is 264 g/mol. The number of ether oxygens (including phenoxy) is 1. The Balaban J connectivity index is 1.81. The van der Waals surface area contributed by atoms with E-state index in [9.17, 15) is 0 Å². The molecule has 1 aromatic carbocycles. The topological polar surface area (TPSA) is 59.9 Å². The van der Waals surface area contributed by atoms with Gasteiger partial charge >= 0.3 is 0 Å². The zero-order chi connectivity index (χ0) is 14.5. The largest absolute Gasteiger partial charge is 0.437 e. The van der Waals surface area contributed by atoms with E-state index >= 15 is 0 Å². The highest BCUT2D eigenvalue weighted by Gasteiger charge is 2.03. The van der Waals surface area contributed by atoms with Gasteiger partial charge in [-0.05, 0) is 18.6 Å². The van der Waals surface area contributed by atoms with Crippen LogP contribution in [0.15, 0.2) is 48.8 Å². The quantitative estimate of drug-likeness (QED) is 0.773. The van der Waals surface area contributed by atoms with Crippen molar-refractivity contribution in [2.24, 2.45) is 0 Å². The first kappa shape index (κ1) is 13.3. The lowest BCUT2D eigenvalue weighted by atomic mass is 10.2. The van der Waals surface area contributed by atoms with Crippen molar-refractivity contribution in [3.05, 3.63) is 48.8 Å². The number of para-hydroxylation sites is 1. The van der Waals surface area contributed by atoms with Crippen LogP contribution in [0.5, 0.6) is 11.6 Å². The third kappa shape index (κ3) is 3.25. The molecule has 0 radical (unpaired) electrons. The molecule has 0 aliphatic rings. The molecule has 0 aliphatic heterocycles. The van der Waals surface area contributed by atoms with Crippen molar-refractivity contribution in [2.45, 2.75) is 13.3 Å². The predicted molar refractivity (Wildman–Crippen MR) is 82.6 cm³/mol. The fourth-order valence-corrected chi connectivity index (χ4v) is 1.95. The van der Waals surface area contributed by atoms with E-state index in [4.69, 9.17) is 4.74 Å². The second-order valence-corrected chi connectivity index (χ2v) is 4.61. The van der Waals surface area contributed by atoms with E-state index in [1.54, 1.807) is 18.5 Å². The van der Waals surface area contributed by atoms with Crippen molar-refractivity contribution in [1.82, 2.24) is 15.0 Å². The van der Waals surface area contributed by atoms with Crippen LogP contribution < -0.4 is 10.1 Å². The average molecular weight is 280 g/mol. The van der Waals surface area contributed by atoms with Crippen molar-refractivity contribution in [3.8, 4) is 11.6 Å². The molecule has 0 saturated heterocycles. The molecule has 21 heavy (non-hydrogen) atoms. The summed E-state index contributed by atoms with van der Waals surface area (Å²) in [4.78, 5) is 12.8. The first-order chi connectivity index (χ1) is 10.3. The summed E-state index contributed by atoms with van der Waals surface area (Å²) in [5.74, 6) is 1.73. The molecule has 0 bridgehead atoms. The van der Waals surface area contributed by atoms with Crippen LogP contribution in [-0.2, 0) is 0 Å². The Labute approximate surface area is 123 Å². The highest BCUT2D eigenvalue weighted by molar-refractivity contribution is 5.79. The van der Waals surface area contributed by atoms with E-state index in [1.165, 1.54) is 0 Å². The van der Waals surface area contributed by atoms with Crippen LogP contribution in [0.4, 0.5) is 5.95 Å². The second-order valence-electron chi connectivity index (χ2n) is 4.61. The number of hydrogen-bond acceptors (Lipinski definition) is 5. The van der Waals surface area contributed by atoms with Crippen molar-refractivity contribution < 1.29 is 4.74 Å². The third-order valence-electron chi connectivity index (χ3n) is 2.95. The first-order valence-corrected chi connectivity index (χ1v) is 6.95. The highest BCUT2D eigenvalue weighted by Crippen LogP contribution is 2.22. The number of hydrogen-bond donors (Lipinski definition) is 1. The summed E-state index contributed by atoms with van der Waals surface area (Å²) in [7, 11) is 0. The monoisotopic (exact) mass is 280 g/mol. The van der Waals surface area contributed by atoms with Gasteiger partial charge in [0.2, 0.25) is 11.8 Å². The fraction of sp³-hybridized carbons (Fsp3) is 0.188. The van der Waals surface area contributed by atoms with E-state index in [2.05, 4.69) is 27.2 Å². The highest BCUT2D eigenvalue weighted by atomic mass is 16.5. The van der Waals surface area contributed by atoms with Crippen LogP contribution in [0.25, 0.3) is 10.9 Å². The van der Waals surface area contributed by atoms with E-state index in [0.717, 1.165) is 23.9 Å². The van der Waals surface area contributed by atoms with Crippen molar-refractivity contribution in [3.63, 3.8) is 0 Å². The Bertz CT molecular complexity index is 745. The molecule has 0 atom stereocenters. The van der Waals surface area contributed by atoms with E-state index in [1.807, 2.05) is 30.3 Å². The summed E-state index contributed by atoms with van der Waals surface area (Å²) in [5, 5.41) is 4.17. The van der Waals surface area contributed by atoms with Gasteiger partial charge in [-0.15, -0.1) is 0 Å². The zero-order valence-electron chi connectivity index (χ0n) is 11.8. The van der Waals surface area contributed by atoms with Crippen molar-refractivity contribution >= 4 is 16.9 Å². The van der Waals surface area contributed by atoms with E-state index in [0.29, 0.717) is 17.6 Å². The normalized spacial score (nSPS) is 10.5. The van der Waals surface area contributed by atoms with Crippen LogP contribution in [0.2, 0.25) is 0 Å². The van der Waals surface area contributed by atoms with Gasteiger partial charge in [0.05, 0.1) is 11.7 Å². The third-order valence-corrected chi connectivity index (χ3v) is 2.95. The van der Waals surface area contributed by atoms with Crippen LogP contribution in [0.3, 0.4) is 0 Å². The summed E-state index contributed by atoms with van der Waals surface area (Å²) in [6.07, 6.45) is 4.39. The molecule has 106 valence electrons. The maximum absolute atomic E-state index is 5.75. The van der Waals surface area contributed by atoms with Gasteiger partial charge in [0, 0.05) is 24.2 Å². The molecule has 0 spiro atoms. The Hall–Kier alpha value is -2.69. The van der Waals surface area contributed by atoms with Gasteiger partial charge in [-0.25, -0.2) is 4.98 Å². The number of anilines is 1. The number of aromatic nitrogens is 3. The molecule has 2 aromatic heterocycles. The maximum Gasteiger partial charge on any atom is 0.225 e. The number of pyridine rings is 1. The molecule has 1 N–H and O–H groups in total. The Kier molecular flexibility index (Phi) is 3.91. The molecule has 0 aliphatic carbocycles. The Morgan fingerprint density at radius 2 is 2.05 bits per heavy atom. The minimum Gasteiger partial charge on any atom is -0.437 e. The lowest BCUT2D eigenvalue weighted by Gasteiger charge is -2.07. The Morgan fingerprint density at radius 1 is 1.14 bits per heavy atom. The van der Waals surface area contributed by atoms with Gasteiger partial charge in [0.25, 0.3) is 0 Å². The lowest BCUT2D eigenvalue weighted by Crippen LogP contribution is -2.04. The SMILES string of the molecule is CCCNc1nccc(Oc2cnc3ccccc3c2)n1. The molecule has 2 heterocycles. The second kappa shape index (κ2) is 6.17. The standard InChI is InChI=1S/C16H16N4O/c1-2-8-17-16-18-9-7-15(20-16)21-13-10-12-5-3-4-6-14(12)19-11-13/h3-7,9-11H,2,8H2,1H3,(H,17,18,20). The lowest BCUT2D eigenvalue weighted by molar-refractivity contribution is 0.461. The van der Waals surface area contributed by atoms with Crippen molar-refractivity contribution in [1.29, 1.82) is 0 Å². The minimum absolute atomic E-state index is 0.501. The van der Waals surface area contributed by atoms with Gasteiger partial charge in [0.15, 0.2) is 0 Å². The summed E-state index contributed by atoms with van der Waals surface area (Å²) >= 11 is 0. The summed E-state index contributed by atoms with van der Waals surface area (Å²) < 4.78 is 5.75. The number of nitrogens with zero attached hydrogens (tertiary/aromatic N) is 3. The molecule has 3 aromatic rings. The summed E-state index contributed by atoms with van der Waals surface area (Å²) in [6.45, 7) is 2.93.